The van der Waals surface area contributed by atoms with Gasteiger partial charge in [-0.1, -0.05) is 146 Å². The van der Waals surface area contributed by atoms with Crippen molar-refractivity contribution < 1.29 is 35.8 Å². The standard InChI is InChI=1S/C38H26F6O2P2/c39-37(40,41)45-31-23-13-25-33(47(27-15-5-1-6-16-27)28-17-7-2-8-18-28)35(31)36-32(46-38(42,43)44)24-14-26-34(36)48(29-19-9-3-10-20-29)30-21-11-4-12-22-30/h1-26H. The highest BCUT2D eigenvalue weighted by Gasteiger charge is 2.38. The van der Waals surface area contributed by atoms with Crippen molar-refractivity contribution in [3.63, 3.8) is 0 Å². The summed E-state index contributed by atoms with van der Waals surface area (Å²) >= 11 is 0. The number of benzene rings is 6. The van der Waals surface area contributed by atoms with Gasteiger partial charge in [-0.2, -0.15) is 0 Å². The molecule has 0 radical (unpaired) electrons. The fourth-order valence-electron chi connectivity index (χ4n) is 5.50. The van der Waals surface area contributed by atoms with Gasteiger partial charge in [0.05, 0.1) is 0 Å². The van der Waals surface area contributed by atoms with Crippen LogP contribution in [0.4, 0.5) is 26.3 Å². The van der Waals surface area contributed by atoms with E-state index in [1.165, 1.54) is 12.1 Å². The SMILES string of the molecule is FC(F)(F)Oc1cccc(P(c2ccccc2)c2ccccc2)c1-c1c(OC(F)(F)F)cccc1P(c1ccccc1)c1ccccc1. The van der Waals surface area contributed by atoms with E-state index < -0.39 is 40.1 Å². The number of ether oxygens (including phenoxy) is 2. The first-order valence-electron chi connectivity index (χ1n) is 14.7. The van der Waals surface area contributed by atoms with E-state index in [4.69, 9.17) is 0 Å². The largest absolute Gasteiger partial charge is 0.573 e. The molecule has 0 aliphatic heterocycles. The molecule has 0 spiro atoms. The molecule has 0 unspecified atom stereocenters. The second-order valence-electron chi connectivity index (χ2n) is 10.4. The minimum absolute atomic E-state index is 0.122. The van der Waals surface area contributed by atoms with Crippen LogP contribution in [0.1, 0.15) is 0 Å². The van der Waals surface area contributed by atoms with Crippen LogP contribution in [0.3, 0.4) is 0 Å². The zero-order chi connectivity index (χ0) is 33.7. The lowest BCUT2D eigenvalue weighted by Gasteiger charge is -2.29. The highest BCUT2D eigenvalue weighted by atomic mass is 31.1. The molecule has 6 aromatic carbocycles. The minimum atomic E-state index is -5.14. The fourth-order valence-corrected chi connectivity index (χ4v) is 10.4. The summed E-state index contributed by atoms with van der Waals surface area (Å²) in [5.41, 5.74) is -0.245. The normalized spacial score (nSPS) is 11.9. The topological polar surface area (TPSA) is 18.5 Å². The summed E-state index contributed by atoms with van der Waals surface area (Å²) in [5.74, 6) is -1.26. The molecule has 6 aromatic rings. The third kappa shape index (κ3) is 7.73. The summed E-state index contributed by atoms with van der Waals surface area (Å²) < 4.78 is 94.2. The first kappa shape index (κ1) is 33.3. The van der Waals surface area contributed by atoms with Crippen molar-refractivity contribution in [1.82, 2.24) is 0 Å². The molecule has 0 saturated carbocycles. The maximum Gasteiger partial charge on any atom is 0.573 e. The molecule has 0 saturated heterocycles. The number of hydrogen-bond donors (Lipinski definition) is 0. The quantitative estimate of drug-likeness (QED) is 0.112. The summed E-state index contributed by atoms with van der Waals surface area (Å²) in [5, 5.41) is 3.89. The Bertz CT molecular complexity index is 1730. The van der Waals surface area contributed by atoms with Gasteiger partial charge in [0.15, 0.2) is 0 Å². The van der Waals surface area contributed by atoms with E-state index in [0.29, 0.717) is 10.6 Å². The van der Waals surface area contributed by atoms with Crippen LogP contribution in [0.5, 0.6) is 11.5 Å². The van der Waals surface area contributed by atoms with Gasteiger partial charge in [0.25, 0.3) is 0 Å². The summed E-state index contributed by atoms with van der Waals surface area (Å²) in [6.07, 6.45) is -10.3. The van der Waals surface area contributed by atoms with E-state index in [-0.39, 0.29) is 11.1 Å². The van der Waals surface area contributed by atoms with Crippen LogP contribution in [-0.4, -0.2) is 12.7 Å². The molecule has 242 valence electrons. The van der Waals surface area contributed by atoms with E-state index in [9.17, 15) is 26.3 Å². The third-order valence-electron chi connectivity index (χ3n) is 7.25. The van der Waals surface area contributed by atoms with Crippen LogP contribution < -0.4 is 41.3 Å². The van der Waals surface area contributed by atoms with Gasteiger partial charge in [0, 0.05) is 11.1 Å². The molecule has 0 aliphatic rings. The molecule has 0 amide bonds. The van der Waals surface area contributed by atoms with Gasteiger partial charge in [-0.25, -0.2) is 0 Å². The Morgan fingerprint density at radius 2 is 0.604 bits per heavy atom. The predicted molar refractivity (Wildman–Crippen MR) is 183 cm³/mol. The molecule has 0 heterocycles. The van der Waals surface area contributed by atoms with E-state index in [0.717, 1.165) is 33.4 Å². The van der Waals surface area contributed by atoms with Crippen LogP contribution >= 0.6 is 15.8 Å². The second kappa shape index (κ2) is 14.2. The maximum atomic E-state index is 14.2. The average molecular weight is 691 g/mol. The van der Waals surface area contributed by atoms with Crippen molar-refractivity contribution in [1.29, 1.82) is 0 Å². The Kier molecular flexibility index (Phi) is 9.86. The van der Waals surface area contributed by atoms with E-state index in [2.05, 4.69) is 9.47 Å². The molecule has 6 rings (SSSR count). The first-order chi connectivity index (χ1) is 23.1. The molecular formula is C38H26F6O2P2. The molecule has 48 heavy (non-hydrogen) atoms. The summed E-state index contributed by atoms with van der Waals surface area (Å²) in [6.45, 7) is 0. The van der Waals surface area contributed by atoms with Crippen LogP contribution in [0.15, 0.2) is 158 Å². The molecular weight excluding hydrogens is 664 g/mol. The Morgan fingerprint density at radius 3 is 0.854 bits per heavy atom. The summed E-state index contributed by atoms with van der Waals surface area (Å²) in [7, 11) is -3.22. The lowest BCUT2D eigenvalue weighted by molar-refractivity contribution is -0.276. The van der Waals surface area contributed by atoms with Gasteiger partial charge in [-0.05, 0) is 59.8 Å². The van der Waals surface area contributed by atoms with Crippen LogP contribution in [0.2, 0.25) is 0 Å². The highest BCUT2D eigenvalue weighted by Crippen LogP contribution is 2.48. The monoisotopic (exact) mass is 690 g/mol. The molecule has 2 nitrogen and oxygen atoms in total. The Labute approximate surface area is 276 Å². The lowest BCUT2D eigenvalue weighted by atomic mass is 10.0. The van der Waals surface area contributed by atoms with Gasteiger partial charge in [-0.15, -0.1) is 26.3 Å². The van der Waals surface area contributed by atoms with Gasteiger partial charge in [-0.3, -0.25) is 0 Å². The number of hydrogen-bond acceptors (Lipinski definition) is 2. The molecule has 0 aliphatic carbocycles. The molecule has 10 heteroatoms. The van der Waals surface area contributed by atoms with Crippen LogP contribution in [0, 0.1) is 0 Å². The van der Waals surface area contributed by atoms with E-state index in [1.54, 1.807) is 12.1 Å². The highest BCUT2D eigenvalue weighted by molar-refractivity contribution is 7.80. The Morgan fingerprint density at radius 1 is 0.333 bits per heavy atom. The van der Waals surface area contributed by atoms with Crippen molar-refractivity contribution in [2.75, 3.05) is 0 Å². The second-order valence-corrected chi connectivity index (χ2v) is 14.8. The average Bonchev–Trinajstić information content (AvgIpc) is 3.06. The molecule has 0 bridgehead atoms. The zero-order valence-electron chi connectivity index (χ0n) is 25.0. The van der Waals surface area contributed by atoms with Crippen LogP contribution in [-0.2, 0) is 0 Å². The number of rotatable bonds is 9. The van der Waals surface area contributed by atoms with Gasteiger partial charge in [0.2, 0.25) is 0 Å². The summed E-state index contributed by atoms with van der Waals surface area (Å²) in [4.78, 5) is 0. The molecule has 0 N–H and O–H groups in total. The zero-order valence-corrected chi connectivity index (χ0v) is 26.8. The smallest absolute Gasteiger partial charge is 0.405 e. The lowest BCUT2D eigenvalue weighted by Crippen LogP contribution is -2.28. The van der Waals surface area contributed by atoms with Crippen molar-refractivity contribution >= 4 is 47.7 Å². The third-order valence-corrected chi connectivity index (χ3v) is 12.2. The van der Waals surface area contributed by atoms with Crippen molar-refractivity contribution in [2.24, 2.45) is 0 Å². The van der Waals surface area contributed by atoms with Gasteiger partial charge in [0.1, 0.15) is 11.5 Å². The van der Waals surface area contributed by atoms with Gasteiger partial charge >= 0.3 is 12.7 Å². The first-order valence-corrected chi connectivity index (χ1v) is 17.4. The molecule has 0 fully saturated rings. The van der Waals surface area contributed by atoms with Crippen LogP contribution in [0.25, 0.3) is 11.1 Å². The maximum absolute atomic E-state index is 14.2. The summed E-state index contributed by atoms with van der Waals surface area (Å²) in [6, 6.07) is 45.2. The van der Waals surface area contributed by atoms with Crippen molar-refractivity contribution in [2.45, 2.75) is 12.7 Å². The predicted octanol–water partition coefficient (Wildman–Crippen LogP) is 8.67. The Balaban J connectivity index is 1.75. The van der Waals surface area contributed by atoms with Crippen molar-refractivity contribution in [3.05, 3.63) is 158 Å². The molecule has 0 aromatic heterocycles. The van der Waals surface area contributed by atoms with Crippen molar-refractivity contribution in [3.8, 4) is 22.6 Å². The Hall–Kier alpha value is -4.64. The minimum Gasteiger partial charge on any atom is -0.405 e. The van der Waals surface area contributed by atoms with Gasteiger partial charge < -0.3 is 9.47 Å². The number of halogens is 6. The van der Waals surface area contributed by atoms with E-state index in [1.807, 2.05) is 121 Å². The number of alkyl halides is 6. The fraction of sp³-hybridized carbons (Fsp3) is 0.0526. The van der Waals surface area contributed by atoms with E-state index >= 15 is 0 Å². The molecule has 0 atom stereocenters.